The fourth-order valence-electron chi connectivity index (χ4n) is 3.11. The Bertz CT molecular complexity index is 288. The van der Waals surface area contributed by atoms with Gasteiger partial charge in [-0.2, -0.15) is 0 Å². The lowest BCUT2D eigenvalue weighted by Gasteiger charge is -2.45. The highest BCUT2D eigenvalue weighted by atomic mass is 16.3. The van der Waals surface area contributed by atoms with E-state index >= 15 is 0 Å². The van der Waals surface area contributed by atoms with Crippen LogP contribution in [0.15, 0.2) is 0 Å². The van der Waals surface area contributed by atoms with Gasteiger partial charge in [0.25, 0.3) is 0 Å². The molecule has 92 valence electrons. The van der Waals surface area contributed by atoms with E-state index in [1.165, 1.54) is 0 Å². The largest absolute Gasteiger partial charge is 0.393 e. The van der Waals surface area contributed by atoms with Crippen LogP contribution in [0.1, 0.15) is 46.5 Å². The molecule has 3 unspecified atom stereocenters. The third-order valence-corrected chi connectivity index (χ3v) is 4.40. The van der Waals surface area contributed by atoms with Crippen LogP contribution in [0, 0.1) is 11.3 Å². The predicted molar refractivity (Wildman–Crippen MR) is 62.9 cm³/mol. The Morgan fingerprint density at radius 2 is 2.06 bits per heavy atom. The van der Waals surface area contributed by atoms with E-state index < -0.39 is 0 Å². The molecular weight excluding hydrogens is 202 g/mol. The maximum Gasteiger partial charge on any atom is 0.225 e. The summed E-state index contributed by atoms with van der Waals surface area (Å²) in [6.07, 6.45) is 3.40. The number of carbonyl (C=O) groups is 1. The lowest BCUT2D eigenvalue weighted by Crippen LogP contribution is -2.51. The number of rotatable bonds is 1. The Morgan fingerprint density at radius 1 is 1.38 bits per heavy atom. The number of hydrogen-bond acceptors (Lipinski definition) is 2. The van der Waals surface area contributed by atoms with Crippen molar-refractivity contribution in [1.82, 2.24) is 4.90 Å². The van der Waals surface area contributed by atoms with Gasteiger partial charge >= 0.3 is 0 Å². The Morgan fingerprint density at radius 3 is 2.62 bits per heavy atom. The average Bonchev–Trinajstić information content (AvgIpc) is 2.53. The predicted octanol–water partition coefficient (Wildman–Crippen LogP) is 1.79. The van der Waals surface area contributed by atoms with Crippen molar-refractivity contribution < 1.29 is 9.90 Å². The van der Waals surface area contributed by atoms with Crippen molar-refractivity contribution in [3.05, 3.63) is 0 Å². The number of carbonyl (C=O) groups excluding carboxylic acids is 1. The van der Waals surface area contributed by atoms with E-state index in [0.29, 0.717) is 0 Å². The van der Waals surface area contributed by atoms with Crippen LogP contribution in [0.3, 0.4) is 0 Å². The van der Waals surface area contributed by atoms with Crippen LogP contribution in [0.5, 0.6) is 0 Å². The number of likely N-dealkylation sites (tertiary alicyclic amines) is 1. The third kappa shape index (κ3) is 1.97. The average molecular weight is 225 g/mol. The minimum absolute atomic E-state index is 0.152. The van der Waals surface area contributed by atoms with Crippen molar-refractivity contribution in [2.75, 3.05) is 6.54 Å². The van der Waals surface area contributed by atoms with E-state index in [4.69, 9.17) is 0 Å². The number of hydrogen-bond donors (Lipinski definition) is 1. The number of aliphatic hydroxyl groups excluding tert-OH is 1. The third-order valence-electron chi connectivity index (χ3n) is 4.40. The van der Waals surface area contributed by atoms with E-state index in [2.05, 4.69) is 13.8 Å². The van der Waals surface area contributed by atoms with Gasteiger partial charge in [-0.25, -0.2) is 0 Å². The minimum Gasteiger partial charge on any atom is -0.393 e. The molecule has 1 aliphatic carbocycles. The van der Waals surface area contributed by atoms with Crippen molar-refractivity contribution in [2.45, 2.75) is 58.6 Å². The molecule has 3 heteroatoms. The van der Waals surface area contributed by atoms with Gasteiger partial charge in [0, 0.05) is 18.5 Å². The van der Waals surface area contributed by atoms with Crippen molar-refractivity contribution >= 4 is 5.91 Å². The van der Waals surface area contributed by atoms with Crippen molar-refractivity contribution in [3.8, 4) is 0 Å². The molecule has 1 amide bonds. The highest BCUT2D eigenvalue weighted by Gasteiger charge is 2.43. The number of nitrogens with zero attached hydrogens (tertiary/aromatic N) is 1. The van der Waals surface area contributed by atoms with Gasteiger partial charge in [-0.05, 0) is 31.1 Å². The molecule has 0 radical (unpaired) electrons. The number of aliphatic hydroxyl groups is 1. The van der Waals surface area contributed by atoms with E-state index in [0.717, 1.165) is 32.2 Å². The molecule has 1 saturated heterocycles. The summed E-state index contributed by atoms with van der Waals surface area (Å²) in [7, 11) is 0. The monoisotopic (exact) mass is 225 g/mol. The van der Waals surface area contributed by atoms with Crippen LogP contribution in [-0.4, -0.2) is 34.6 Å². The smallest absolute Gasteiger partial charge is 0.225 e. The van der Waals surface area contributed by atoms with E-state index in [1.54, 1.807) is 0 Å². The van der Waals surface area contributed by atoms with Crippen molar-refractivity contribution in [2.24, 2.45) is 11.3 Å². The summed E-state index contributed by atoms with van der Waals surface area (Å²) in [6.45, 7) is 7.33. The maximum atomic E-state index is 12.0. The maximum absolute atomic E-state index is 12.0. The van der Waals surface area contributed by atoms with Crippen LogP contribution in [-0.2, 0) is 4.79 Å². The molecule has 1 aliphatic heterocycles. The molecular formula is C13H23NO2. The first-order chi connectivity index (χ1) is 7.42. The zero-order chi connectivity index (χ0) is 11.9. The second-order valence-corrected chi connectivity index (χ2v) is 6.15. The molecule has 2 fully saturated rings. The van der Waals surface area contributed by atoms with E-state index in [9.17, 15) is 9.90 Å². The molecule has 1 heterocycles. The molecule has 16 heavy (non-hydrogen) atoms. The van der Waals surface area contributed by atoms with Crippen molar-refractivity contribution in [1.29, 1.82) is 0 Å². The zero-order valence-corrected chi connectivity index (χ0v) is 10.6. The van der Waals surface area contributed by atoms with E-state index in [1.807, 2.05) is 11.8 Å². The lowest BCUT2D eigenvalue weighted by atomic mass is 9.71. The van der Waals surface area contributed by atoms with Gasteiger partial charge in [-0.15, -0.1) is 0 Å². The Kier molecular flexibility index (Phi) is 2.99. The molecule has 2 rings (SSSR count). The van der Waals surface area contributed by atoms with Crippen LogP contribution >= 0.6 is 0 Å². The summed E-state index contributed by atoms with van der Waals surface area (Å²) in [6, 6.07) is 0.230. The fraction of sp³-hybridized carbons (Fsp3) is 0.923. The second kappa shape index (κ2) is 4.02. The highest BCUT2D eigenvalue weighted by molar-refractivity contribution is 5.80. The first kappa shape index (κ1) is 11.9. The quantitative estimate of drug-likeness (QED) is 0.739. The van der Waals surface area contributed by atoms with Gasteiger partial charge in [0.2, 0.25) is 5.91 Å². The van der Waals surface area contributed by atoms with Gasteiger partial charge in [-0.1, -0.05) is 20.8 Å². The summed E-state index contributed by atoms with van der Waals surface area (Å²) in [5, 5.41) is 9.79. The lowest BCUT2D eigenvalue weighted by molar-refractivity contribution is -0.137. The normalized spacial score (nSPS) is 39.1. The standard InChI is InChI=1S/C13H23NO2/c1-9-5-7-14(12(9)16)11-8-10(15)4-6-13(11,2)3/h9-11,15H,4-8H2,1-3H3. The Balaban J connectivity index is 2.15. The molecule has 0 bridgehead atoms. The summed E-state index contributed by atoms with van der Waals surface area (Å²) < 4.78 is 0. The van der Waals surface area contributed by atoms with Gasteiger partial charge in [0.05, 0.1) is 6.10 Å². The van der Waals surface area contributed by atoms with Gasteiger partial charge in [0.15, 0.2) is 0 Å². The van der Waals surface area contributed by atoms with E-state index in [-0.39, 0.29) is 29.4 Å². The SMILES string of the molecule is CC1CCN(C2CC(O)CCC2(C)C)C1=O. The fourth-order valence-corrected chi connectivity index (χ4v) is 3.11. The first-order valence-electron chi connectivity index (χ1n) is 6.40. The zero-order valence-electron chi connectivity index (χ0n) is 10.6. The minimum atomic E-state index is -0.221. The Hall–Kier alpha value is -0.570. The molecule has 3 atom stereocenters. The van der Waals surface area contributed by atoms with Gasteiger partial charge in [-0.3, -0.25) is 4.79 Å². The topological polar surface area (TPSA) is 40.5 Å². The second-order valence-electron chi connectivity index (χ2n) is 6.15. The molecule has 2 aliphatic rings. The van der Waals surface area contributed by atoms with Crippen LogP contribution in [0.4, 0.5) is 0 Å². The van der Waals surface area contributed by atoms with Gasteiger partial charge in [0.1, 0.15) is 0 Å². The molecule has 0 aromatic carbocycles. The highest BCUT2D eigenvalue weighted by Crippen LogP contribution is 2.40. The Labute approximate surface area is 97.8 Å². The molecule has 0 aromatic heterocycles. The van der Waals surface area contributed by atoms with Crippen molar-refractivity contribution in [3.63, 3.8) is 0 Å². The molecule has 1 N–H and O–H groups in total. The summed E-state index contributed by atoms with van der Waals surface area (Å²) in [4.78, 5) is 14.1. The summed E-state index contributed by atoms with van der Waals surface area (Å²) in [5.74, 6) is 0.460. The van der Waals surface area contributed by atoms with Crippen LogP contribution in [0.2, 0.25) is 0 Å². The summed E-state index contributed by atoms with van der Waals surface area (Å²) in [5.41, 5.74) is 0.152. The first-order valence-corrected chi connectivity index (χ1v) is 6.40. The number of amides is 1. The van der Waals surface area contributed by atoms with Gasteiger partial charge < -0.3 is 10.0 Å². The molecule has 0 spiro atoms. The summed E-state index contributed by atoms with van der Waals surface area (Å²) >= 11 is 0. The van der Waals surface area contributed by atoms with Crippen LogP contribution in [0.25, 0.3) is 0 Å². The molecule has 3 nitrogen and oxygen atoms in total. The van der Waals surface area contributed by atoms with Crippen LogP contribution < -0.4 is 0 Å². The molecule has 1 saturated carbocycles. The molecule has 0 aromatic rings.